The van der Waals surface area contributed by atoms with Crippen molar-refractivity contribution in [3.63, 3.8) is 0 Å². The molecule has 0 fully saturated rings. The number of aromatic nitrogens is 2. The maximum Gasteiger partial charge on any atom is 0.230 e. The summed E-state index contributed by atoms with van der Waals surface area (Å²) in [5, 5.41) is 12.2. The van der Waals surface area contributed by atoms with Crippen LogP contribution in [0.2, 0.25) is 5.02 Å². The summed E-state index contributed by atoms with van der Waals surface area (Å²) in [6, 6.07) is 18.3. The molecule has 0 spiro atoms. The van der Waals surface area contributed by atoms with Gasteiger partial charge >= 0.3 is 0 Å². The minimum atomic E-state index is 0.114. The van der Waals surface area contributed by atoms with Crippen LogP contribution in [-0.4, -0.2) is 10.2 Å². The molecule has 1 aromatic heterocycles. The predicted octanol–water partition coefficient (Wildman–Crippen LogP) is 4.11. The highest BCUT2D eigenvalue weighted by molar-refractivity contribution is 6.31. The first kappa shape index (κ1) is 15.7. The first-order valence-corrected chi connectivity index (χ1v) is 7.91. The highest BCUT2D eigenvalue weighted by Gasteiger charge is 2.15. The summed E-state index contributed by atoms with van der Waals surface area (Å²) < 4.78 is 5.43. The molecular weight excluding hydrogens is 310 g/mol. The number of aryl methyl sites for hydroxylation is 1. The van der Waals surface area contributed by atoms with Gasteiger partial charge in [0.25, 0.3) is 0 Å². The molecule has 4 nitrogen and oxygen atoms in total. The van der Waals surface area contributed by atoms with Gasteiger partial charge in [-0.05, 0) is 23.6 Å². The smallest absolute Gasteiger partial charge is 0.230 e. The molecule has 0 radical (unpaired) electrons. The molecule has 0 unspecified atom stereocenters. The van der Waals surface area contributed by atoms with Gasteiger partial charge in [-0.2, -0.15) is 0 Å². The standard InChI is InChI=1S/C18H18ClN3O/c1-13-21-22-18(23-13)12-20-17(14-7-3-2-4-8-14)11-15-9-5-6-10-16(15)19/h2-10,17,20H,11-12H2,1H3/t17-/m1/s1. The number of nitrogens with one attached hydrogen (secondary N) is 1. The number of halogens is 1. The Kier molecular flexibility index (Phi) is 5.05. The van der Waals surface area contributed by atoms with Gasteiger partial charge < -0.3 is 9.73 Å². The fraction of sp³-hybridized carbons (Fsp3) is 0.222. The molecule has 0 saturated carbocycles. The Balaban J connectivity index is 1.78. The Morgan fingerprint density at radius 2 is 1.78 bits per heavy atom. The van der Waals surface area contributed by atoms with Gasteiger partial charge in [-0.1, -0.05) is 60.1 Å². The second kappa shape index (κ2) is 7.40. The van der Waals surface area contributed by atoms with Crippen LogP contribution in [0.4, 0.5) is 0 Å². The largest absolute Gasteiger partial charge is 0.424 e. The van der Waals surface area contributed by atoms with Crippen molar-refractivity contribution in [3.05, 3.63) is 82.5 Å². The summed E-state index contributed by atoms with van der Waals surface area (Å²) in [4.78, 5) is 0. The summed E-state index contributed by atoms with van der Waals surface area (Å²) in [6.07, 6.45) is 0.788. The molecule has 0 bridgehead atoms. The monoisotopic (exact) mass is 327 g/mol. The van der Waals surface area contributed by atoms with E-state index >= 15 is 0 Å². The maximum absolute atomic E-state index is 6.31. The molecule has 0 aliphatic heterocycles. The lowest BCUT2D eigenvalue weighted by atomic mass is 9.99. The second-order valence-corrected chi connectivity index (χ2v) is 5.76. The number of hydrogen-bond acceptors (Lipinski definition) is 4. The Hall–Kier alpha value is -2.17. The van der Waals surface area contributed by atoms with Crippen molar-refractivity contribution in [1.29, 1.82) is 0 Å². The molecule has 3 rings (SSSR count). The molecule has 0 saturated heterocycles. The molecule has 1 atom stereocenters. The summed E-state index contributed by atoms with van der Waals surface area (Å²) in [5.74, 6) is 1.16. The van der Waals surface area contributed by atoms with Crippen LogP contribution in [0.25, 0.3) is 0 Å². The zero-order chi connectivity index (χ0) is 16.1. The Labute approximate surface area is 140 Å². The normalized spacial score (nSPS) is 12.3. The minimum absolute atomic E-state index is 0.114. The molecular formula is C18H18ClN3O. The van der Waals surface area contributed by atoms with Gasteiger partial charge in [0.2, 0.25) is 11.8 Å². The van der Waals surface area contributed by atoms with E-state index < -0.39 is 0 Å². The van der Waals surface area contributed by atoms with Crippen LogP contribution in [0.5, 0.6) is 0 Å². The quantitative estimate of drug-likeness (QED) is 0.740. The molecule has 0 amide bonds. The van der Waals surface area contributed by atoms with Crippen LogP contribution >= 0.6 is 11.6 Å². The Morgan fingerprint density at radius 1 is 1.04 bits per heavy atom. The molecule has 0 aliphatic rings. The molecule has 1 N–H and O–H groups in total. The van der Waals surface area contributed by atoms with Crippen LogP contribution in [0.15, 0.2) is 59.0 Å². The van der Waals surface area contributed by atoms with Gasteiger partial charge in [0, 0.05) is 18.0 Å². The first-order valence-electron chi connectivity index (χ1n) is 7.53. The highest BCUT2D eigenvalue weighted by atomic mass is 35.5. The van der Waals surface area contributed by atoms with Gasteiger partial charge in [0.15, 0.2) is 0 Å². The van der Waals surface area contributed by atoms with Crippen molar-refractivity contribution in [2.75, 3.05) is 0 Å². The molecule has 3 aromatic rings. The summed E-state index contributed by atoms with van der Waals surface area (Å²) in [5.41, 5.74) is 2.31. The van der Waals surface area contributed by atoms with E-state index in [-0.39, 0.29) is 6.04 Å². The average Bonchev–Trinajstić information content (AvgIpc) is 2.99. The van der Waals surface area contributed by atoms with Crippen LogP contribution in [0.1, 0.15) is 29.0 Å². The van der Waals surface area contributed by atoms with Crippen molar-refractivity contribution in [2.24, 2.45) is 0 Å². The van der Waals surface area contributed by atoms with Crippen LogP contribution in [0, 0.1) is 6.92 Å². The fourth-order valence-electron chi connectivity index (χ4n) is 2.50. The van der Waals surface area contributed by atoms with Gasteiger partial charge in [-0.15, -0.1) is 10.2 Å². The maximum atomic E-state index is 6.31. The van der Waals surface area contributed by atoms with Gasteiger partial charge in [-0.25, -0.2) is 0 Å². The van der Waals surface area contributed by atoms with Gasteiger partial charge in [0.1, 0.15) is 0 Å². The zero-order valence-corrected chi connectivity index (χ0v) is 13.6. The van der Waals surface area contributed by atoms with Gasteiger partial charge in [0.05, 0.1) is 6.54 Å². The third kappa shape index (κ3) is 4.18. The SMILES string of the molecule is Cc1nnc(CN[C@H](Cc2ccccc2Cl)c2ccccc2)o1. The topological polar surface area (TPSA) is 51.0 Å². The van der Waals surface area contributed by atoms with E-state index in [2.05, 4.69) is 33.7 Å². The third-order valence-electron chi connectivity index (χ3n) is 3.65. The lowest BCUT2D eigenvalue weighted by Crippen LogP contribution is -2.23. The average molecular weight is 328 g/mol. The summed E-state index contributed by atoms with van der Waals surface area (Å²) in [7, 11) is 0. The van der Waals surface area contributed by atoms with E-state index in [0.29, 0.717) is 18.3 Å². The van der Waals surface area contributed by atoms with Crippen molar-refractivity contribution in [2.45, 2.75) is 25.9 Å². The molecule has 5 heteroatoms. The fourth-order valence-corrected chi connectivity index (χ4v) is 2.71. The first-order chi connectivity index (χ1) is 11.2. The second-order valence-electron chi connectivity index (χ2n) is 5.35. The number of benzene rings is 2. The highest BCUT2D eigenvalue weighted by Crippen LogP contribution is 2.23. The molecule has 23 heavy (non-hydrogen) atoms. The van der Waals surface area contributed by atoms with E-state index in [0.717, 1.165) is 17.0 Å². The minimum Gasteiger partial charge on any atom is -0.424 e. The van der Waals surface area contributed by atoms with E-state index in [1.54, 1.807) is 6.92 Å². The number of hydrogen-bond donors (Lipinski definition) is 1. The number of nitrogens with zero attached hydrogens (tertiary/aromatic N) is 2. The number of rotatable bonds is 6. The van der Waals surface area contributed by atoms with Crippen molar-refractivity contribution in [1.82, 2.24) is 15.5 Å². The molecule has 1 heterocycles. The summed E-state index contributed by atoms with van der Waals surface area (Å²) in [6.45, 7) is 2.31. The van der Waals surface area contributed by atoms with E-state index in [1.807, 2.05) is 36.4 Å². The lowest BCUT2D eigenvalue weighted by molar-refractivity contribution is 0.421. The van der Waals surface area contributed by atoms with Crippen LogP contribution < -0.4 is 5.32 Å². The Morgan fingerprint density at radius 3 is 2.48 bits per heavy atom. The third-order valence-corrected chi connectivity index (χ3v) is 4.02. The molecule has 2 aromatic carbocycles. The summed E-state index contributed by atoms with van der Waals surface area (Å²) >= 11 is 6.31. The van der Waals surface area contributed by atoms with Crippen LogP contribution in [0.3, 0.4) is 0 Å². The van der Waals surface area contributed by atoms with Gasteiger partial charge in [-0.3, -0.25) is 0 Å². The van der Waals surface area contributed by atoms with Crippen molar-refractivity contribution < 1.29 is 4.42 Å². The van der Waals surface area contributed by atoms with E-state index in [9.17, 15) is 0 Å². The lowest BCUT2D eigenvalue weighted by Gasteiger charge is -2.19. The van der Waals surface area contributed by atoms with Crippen molar-refractivity contribution in [3.8, 4) is 0 Å². The van der Waals surface area contributed by atoms with Crippen molar-refractivity contribution >= 4 is 11.6 Å². The Bertz CT molecular complexity index is 758. The van der Waals surface area contributed by atoms with E-state index in [4.69, 9.17) is 16.0 Å². The predicted molar refractivity (Wildman–Crippen MR) is 90.2 cm³/mol. The molecule has 118 valence electrons. The van der Waals surface area contributed by atoms with Crippen LogP contribution in [-0.2, 0) is 13.0 Å². The zero-order valence-electron chi connectivity index (χ0n) is 12.9. The molecule has 0 aliphatic carbocycles. The van der Waals surface area contributed by atoms with E-state index in [1.165, 1.54) is 5.56 Å².